The lowest BCUT2D eigenvalue weighted by molar-refractivity contribution is -0.138. The Bertz CT molecular complexity index is 1180. The molecule has 38 heavy (non-hydrogen) atoms. The second kappa shape index (κ2) is 15.1. The predicted octanol–water partition coefficient (Wildman–Crippen LogP) is 4.25. The minimum atomic E-state index is -4.37. The van der Waals surface area contributed by atoms with Crippen LogP contribution in [0.1, 0.15) is 50.8 Å². The van der Waals surface area contributed by atoms with Gasteiger partial charge >= 0.3 is 6.18 Å². The smallest absolute Gasteiger partial charge is 0.374 e. The van der Waals surface area contributed by atoms with Gasteiger partial charge in [-0.3, -0.25) is 4.79 Å². The van der Waals surface area contributed by atoms with Crippen LogP contribution >= 0.6 is 0 Å². The topological polar surface area (TPSA) is 104 Å². The van der Waals surface area contributed by atoms with Crippen molar-refractivity contribution < 1.29 is 22.7 Å². The molecule has 2 aromatic heterocycles. The van der Waals surface area contributed by atoms with Crippen LogP contribution in [0.4, 0.5) is 19.1 Å². The number of nitrogens with one attached hydrogen (secondary N) is 1. The van der Waals surface area contributed by atoms with Crippen LogP contribution in [0.3, 0.4) is 0 Å². The first kappa shape index (κ1) is 30.8. The number of hydrogen-bond donors (Lipinski definition) is 1. The molecular weight excluding hydrogens is 501 g/mol. The molecule has 1 unspecified atom stereocenters. The number of aromatic nitrogens is 4. The first-order valence-electron chi connectivity index (χ1n) is 12.5. The number of ether oxygens (including phenoxy) is 1. The first-order valence-corrected chi connectivity index (χ1v) is 12.5. The van der Waals surface area contributed by atoms with E-state index in [1.165, 1.54) is 0 Å². The average Bonchev–Trinajstić information content (AvgIpc) is 2.92. The minimum Gasteiger partial charge on any atom is -0.374 e. The maximum absolute atomic E-state index is 12.3. The number of fused-ring (bicyclic) bond motifs is 1. The Morgan fingerprint density at radius 3 is 2.34 bits per heavy atom. The van der Waals surface area contributed by atoms with Gasteiger partial charge in [0.2, 0.25) is 5.95 Å². The number of unbranched alkanes of at least 4 members (excludes halogenated alkanes) is 1. The summed E-state index contributed by atoms with van der Waals surface area (Å²) >= 11 is 0. The van der Waals surface area contributed by atoms with E-state index in [9.17, 15) is 22.8 Å². The molecule has 0 aliphatic carbocycles. The van der Waals surface area contributed by atoms with Crippen molar-refractivity contribution in [2.75, 3.05) is 44.7 Å². The summed E-state index contributed by atoms with van der Waals surface area (Å²) in [6.07, 6.45) is 0.884. The van der Waals surface area contributed by atoms with Crippen LogP contribution in [0, 0.1) is 0 Å². The molecule has 4 rings (SSSR count). The number of nitrogens with zero attached hydrogens (tertiary/aromatic N) is 5. The summed E-state index contributed by atoms with van der Waals surface area (Å²) in [6, 6.07) is 5.52. The van der Waals surface area contributed by atoms with Crippen molar-refractivity contribution in [3.63, 3.8) is 0 Å². The molecule has 3 heterocycles. The number of carbonyl (C=O) groups excluding carboxylic acids is 1. The Morgan fingerprint density at radius 2 is 1.74 bits per heavy atom. The number of H-pyrrole nitrogens is 1. The van der Waals surface area contributed by atoms with E-state index in [4.69, 9.17) is 4.74 Å². The van der Waals surface area contributed by atoms with Gasteiger partial charge in [0, 0.05) is 57.0 Å². The number of aromatic amines is 1. The second-order valence-corrected chi connectivity index (χ2v) is 8.39. The number of likely N-dealkylation sites (N-methyl/N-ethyl adjacent to an activating group) is 1. The third kappa shape index (κ3) is 8.88. The number of halogens is 3. The summed E-state index contributed by atoms with van der Waals surface area (Å²) < 4.78 is 42.6. The highest BCUT2D eigenvalue weighted by Gasteiger charge is 2.31. The van der Waals surface area contributed by atoms with Gasteiger partial charge in [-0.2, -0.15) is 18.3 Å². The molecule has 3 aromatic rings. The molecule has 208 valence electrons. The van der Waals surface area contributed by atoms with Crippen molar-refractivity contribution in [3.05, 3.63) is 58.3 Å². The Morgan fingerprint density at radius 1 is 1.08 bits per heavy atom. The third-order valence-electron chi connectivity index (χ3n) is 5.77. The van der Waals surface area contributed by atoms with Crippen molar-refractivity contribution in [1.29, 1.82) is 0 Å². The van der Waals surface area contributed by atoms with Gasteiger partial charge in [0.25, 0.3) is 5.56 Å². The number of benzene rings is 1. The van der Waals surface area contributed by atoms with E-state index in [2.05, 4.69) is 25.1 Å². The van der Waals surface area contributed by atoms with Crippen LogP contribution in [0.15, 0.2) is 41.6 Å². The highest BCUT2D eigenvalue weighted by Crippen LogP contribution is 2.28. The lowest BCUT2D eigenvalue weighted by Gasteiger charge is -2.32. The van der Waals surface area contributed by atoms with E-state index < -0.39 is 11.7 Å². The molecule has 0 saturated carbocycles. The molecule has 0 bridgehead atoms. The van der Waals surface area contributed by atoms with Crippen LogP contribution in [0.25, 0.3) is 10.8 Å². The maximum Gasteiger partial charge on any atom is 0.419 e. The number of hydrogen-bond acceptors (Lipinski definition) is 8. The van der Waals surface area contributed by atoms with Crippen LogP contribution in [-0.2, 0) is 15.7 Å². The van der Waals surface area contributed by atoms with Crippen molar-refractivity contribution in [2.24, 2.45) is 0 Å². The van der Waals surface area contributed by atoms with Gasteiger partial charge in [-0.1, -0.05) is 26.0 Å². The van der Waals surface area contributed by atoms with E-state index in [1.54, 1.807) is 12.3 Å². The zero-order valence-electron chi connectivity index (χ0n) is 22.2. The van der Waals surface area contributed by atoms with Gasteiger partial charge in [0.05, 0.1) is 23.3 Å². The lowest BCUT2D eigenvalue weighted by Crippen LogP contribution is -2.45. The number of alkyl halides is 3. The Hall–Kier alpha value is -3.38. The minimum absolute atomic E-state index is 0.140. The van der Waals surface area contributed by atoms with Gasteiger partial charge in [-0.25, -0.2) is 15.1 Å². The van der Waals surface area contributed by atoms with E-state index in [0.29, 0.717) is 30.8 Å². The van der Waals surface area contributed by atoms with Crippen LogP contribution in [-0.4, -0.2) is 71.2 Å². The predicted molar refractivity (Wildman–Crippen MR) is 140 cm³/mol. The maximum atomic E-state index is 12.3. The Balaban J connectivity index is 0.000000252. The highest BCUT2D eigenvalue weighted by atomic mass is 19.4. The molecule has 1 fully saturated rings. The summed E-state index contributed by atoms with van der Waals surface area (Å²) in [7, 11) is 2.00. The summed E-state index contributed by atoms with van der Waals surface area (Å²) in [4.78, 5) is 33.5. The molecule has 1 N–H and O–H groups in total. The first-order chi connectivity index (χ1) is 18.2. The molecule has 1 aliphatic heterocycles. The quantitative estimate of drug-likeness (QED) is 0.353. The van der Waals surface area contributed by atoms with Gasteiger partial charge < -0.3 is 19.3 Å². The number of carbonyl (C=O) groups is 1. The van der Waals surface area contributed by atoms with Crippen molar-refractivity contribution >= 4 is 23.0 Å². The summed E-state index contributed by atoms with van der Waals surface area (Å²) in [6.45, 7) is 9.66. The number of aldehydes is 1. The van der Waals surface area contributed by atoms with Gasteiger partial charge in [-0.15, -0.1) is 0 Å². The van der Waals surface area contributed by atoms with Crippen LogP contribution < -0.4 is 10.5 Å². The molecule has 0 amide bonds. The molecule has 1 aliphatic rings. The summed E-state index contributed by atoms with van der Waals surface area (Å²) in [5.74, 6) is 0.367. The van der Waals surface area contributed by atoms with E-state index in [0.717, 1.165) is 55.8 Å². The van der Waals surface area contributed by atoms with E-state index >= 15 is 0 Å². The fourth-order valence-electron chi connectivity index (χ4n) is 3.65. The van der Waals surface area contributed by atoms with E-state index in [1.807, 2.05) is 44.9 Å². The fraction of sp³-hybridized carbons (Fsp3) is 0.500. The Kier molecular flexibility index (Phi) is 12.3. The number of anilines is 1. The molecule has 1 atom stereocenters. The van der Waals surface area contributed by atoms with E-state index in [-0.39, 0.29) is 11.7 Å². The number of piperazine rings is 1. The molecule has 1 aromatic carbocycles. The van der Waals surface area contributed by atoms with Gasteiger partial charge in [-0.05, 0) is 32.0 Å². The molecule has 12 heteroatoms. The SMILES string of the molecule is CC.CC(OCCCC=O)c1cccc2c(=O)[nH]ncc12.CN1CCN(c2ncc(C(F)(F)F)cn2)CC1. The second-order valence-electron chi connectivity index (χ2n) is 8.39. The largest absolute Gasteiger partial charge is 0.419 e. The third-order valence-corrected chi connectivity index (χ3v) is 5.77. The standard InChI is InChI=1S/C14H16N2O3.C10H13F3N4.C2H6/c1-10(19-8-3-2-7-17)11-5-4-6-12-13(11)9-15-16-14(12)18;1-16-2-4-17(5-3-16)9-14-6-8(7-15-9)10(11,12)13;1-2/h4-7,9-10H,2-3,8H2,1H3,(H,16,18);6-7H,2-5H2,1H3;1-2H3. The lowest BCUT2D eigenvalue weighted by atomic mass is 10.0. The molecular formula is C26H35F3N6O3. The average molecular weight is 537 g/mol. The van der Waals surface area contributed by atoms with Crippen molar-refractivity contribution in [3.8, 4) is 0 Å². The molecule has 0 radical (unpaired) electrons. The molecule has 9 nitrogen and oxygen atoms in total. The highest BCUT2D eigenvalue weighted by molar-refractivity contribution is 5.84. The number of rotatable bonds is 7. The Labute approximate surface area is 220 Å². The van der Waals surface area contributed by atoms with Gasteiger partial charge in [0.1, 0.15) is 6.29 Å². The summed E-state index contributed by atoms with van der Waals surface area (Å²) in [5.41, 5.74) is -0.0786. The van der Waals surface area contributed by atoms with Crippen LogP contribution in [0.5, 0.6) is 0 Å². The van der Waals surface area contributed by atoms with Crippen molar-refractivity contribution in [2.45, 2.75) is 45.9 Å². The fourth-order valence-corrected chi connectivity index (χ4v) is 3.65. The van der Waals surface area contributed by atoms with Gasteiger partial charge in [0.15, 0.2) is 0 Å². The van der Waals surface area contributed by atoms with Crippen molar-refractivity contribution in [1.82, 2.24) is 25.1 Å². The van der Waals surface area contributed by atoms with Crippen LogP contribution in [0.2, 0.25) is 0 Å². The monoisotopic (exact) mass is 536 g/mol. The zero-order chi connectivity index (χ0) is 28.1. The zero-order valence-corrected chi connectivity index (χ0v) is 22.2. The molecule has 1 saturated heterocycles. The molecule has 0 spiro atoms. The summed E-state index contributed by atoms with van der Waals surface area (Å²) in [5, 5.41) is 7.65. The normalized spacial score (nSPS) is 14.7.